The van der Waals surface area contributed by atoms with Gasteiger partial charge in [-0.2, -0.15) is 0 Å². The van der Waals surface area contributed by atoms with E-state index in [-0.39, 0.29) is 0 Å². The zero-order chi connectivity index (χ0) is 22.6. The van der Waals surface area contributed by atoms with Gasteiger partial charge in [0, 0.05) is 0 Å². The van der Waals surface area contributed by atoms with E-state index in [9.17, 15) is 0 Å². The van der Waals surface area contributed by atoms with Crippen molar-refractivity contribution in [1.82, 2.24) is 0 Å². The molecule has 4 rings (SSSR count). The Hall–Kier alpha value is -3.64. The van der Waals surface area contributed by atoms with Crippen LogP contribution in [0.1, 0.15) is 43.0 Å². The molecule has 0 amide bonds. The second kappa shape index (κ2) is 9.24. The minimum absolute atomic E-state index is 0.404. The standard InChI is InChI=1S/C32H30/c1-5-15-24(8-4)27-21-14-23-30-31(27)28-20-12-13-22-29(28)32(30,25(16-6-2)17-7-3)26-18-10-9-11-19-26/h5-23H,2H2,1,3-4H3/b15-5-,17-7-,24-8+,25-16+. The predicted octanol–water partition coefficient (Wildman–Crippen LogP) is 8.67. The number of fused-ring (bicyclic) bond motifs is 3. The quantitative estimate of drug-likeness (QED) is 0.354. The first-order valence-electron chi connectivity index (χ1n) is 11.3. The summed E-state index contributed by atoms with van der Waals surface area (Å²) < 4.78 is 0. The van der Waals surface area contributed by atoms with Crippen molar-refractivity contribution in [3.63, 3.8) is 0 Å². The van der Waals surface area contributed by atoms with E-state index < -0.39 is 5.41 Å². The molecule has 0 heteroatoms. The third-order valence-electron chi connectivity index (χ3n) is 6.32. The number of benzene rings is 3. The van der Waals surface area contributed by atoms with Gasteiger partial charge in [0.05, 0.1) is 5.41 Å². The fourth-order valence-corrected chi connectivity index (χ4v) is 5.18. The van der Waals surface area contributed by atoms with Crippen LogP contribution < -0.4 is 0 Å². The lowest BCUT2D eigenvalue weighted by atomic mass is 9.66. The van der Waals surface area contributed by atoms with Gasteiger partial charge in [0.25, 0.3) is 0 Å². The van der Waals surface area contributed by atoms with Crippen LogP contribution >= 0.6 is 0 Å². The maximum Gasteiger partial charge on any atom is 0.0713 e. The maximum atomic E-state index is 4.05. The summed E-state index contributed by atoms with van der Waals surface area (Å²) in [5.74, 6) is 0. The third-order valence-corrected chi connectivity index (χ3v) is 6.32. The minimum atomic E-state index is -0.404. The van der Waals surface area contributed by atoms with Crippen molar-refractivity contribution in [2.45, 2.75) is 26.2 Å². The average molecular weight is 415 g/mol. The van der Waals surface area contributed by atoms with Crippen LogP contribution in [0.15, 0.2) is 127 Å². The van der Waals surface area contributed by atoms with Crippen LogP contribution in [-0.4, -0.2) is 0 Å². The molecule has 1 aliphatic carbocycles. The van der Waals surface area contributed by atoms with Crippen LogP contribution in [0.25, 0.3) is 16.7 Å². The van der Waals surface area contributed by atoms with Crippen molar-refractivity contribution in [1.29, 1.82) is 0 Å². The molecule has 0 saturated heterocycles. The van der Waals surface area contributed by atoms with Crippen molar-refractivity contribution in [3.8, 4) is 11.1 Å². The molecule has 0 bridgehead atoms. The van der Waals surface area contributed by atoms with Gasteiger partial charge in [-0.25, -0.2) is 0 Å². The summed E-state index contributed by atoms with van der Waals surface area (Å²) in [5.41, 5.74) is 9.84. The summed E-state index contributed by atoms with van der Waals surface area (Å²) in [6, 6.07) is 26.5. The highest BCUT2D eigenvalue weighted by molar-refractivity contribution is 5.95. The van der Waals surface area contributed by atoms with E-state index in [1.165, 1.54) is 44.5 Å². The molecule has 158 valence electrons. The van der Waals surface area contributed by atoms with E-state index in [2.05, 4.69) is 137 Å². The molecule has 0 aliphatic heterocycles. The fraction of sp³-hybridized carbons (Fsp3) is 0.125. The fourth-order valence-electron chi connectivity index (χ4n) is 5.18. The van der Waals surface area contributed by atoms with Gasteiger partial charge in [0.15, 0.2) is 0 Å². The maximum absolute atomic E-state index is 4.05. The second-order valence-electron chi connectivity index (χ2n) is 7.99. The molecule has 0 fully saturated rings. The number of rotatable bonds is 6. The molecule has 1 aliphatic rings. The number of allylic oxidation sites excluding steroid dienone is 9. The SMILES string of the molecule is C=C/C=C(\C=C/C)C1(c2ccccc2)c2ccccc2-c2c(C(/C=C\C)=C/C)cccc21. The Bertz CT molecular complexity index is 1250. The molecule has 0 saturated carbocycles. The molecule has 0 aromatic heterocycles. The van der Waals surface area contributed by atoms with Gasteiger partial charge in [-0.3, -0.25) is 0 Å². The Morgan fingerprint density at radius 3 is 2.12 bits per heavy atom. The second-order valence-corrected chi connectivity index (χ2v) is 7.99. The Kier molecular flexibility index (Phi) is 6.23. The molecule has 3 aromatic carbocycles. The van der Waals surface area contributed by atoms with Gasteiger partial charge >= 0.3 is 0 Å². The summed E-state index contributed by atoms with van der Waals surface area (Å²) in [4.78, 5) is 0. The highest BCUT2D eigenvalue weighted by Gasteiger charge is 2.47. The lowest BCUT2D eigenvalue weighted by Crippen LogP contribution is -2.29. The first-order valence-corrected chi connectivity index (χ1v) is 11.3. The van der Waals surface area contributed by atoms with Crippen LogP contribution in [0.4, 0.5) is 0 Å². The van der Waals surface area contributed by atoms with Crippen molar-refractivity contribution in [2.24, 2.45) is 0 Å². The van der Waals surface area contributed by atoms with Crippen LogP contribution in [0.5, 0.6) is 0 Å². The summed E-state index contributed by atoms with van der Waals surface area (Å²) in [7, 11) is 0. The molecule has 1 atom stereocenters. The Morgan fingerprint density at radius 2 is 1.44 bits per heavy atom. The molecule has 3 aromatic rings. The molecule has 1 unspecified atom stereocenters. The summed E-state index contributed by atoms with van der Waals surface area (Å²) >= 11 is 0. The molecule has 0 spiro atoms. The van der Waals surface area contributed by atoms with E-state index in [0.29, 0.717) is 0 Å². The number of hydrogen-bond acceptors (Lipinski definition) is 0. The molecular formula is C32H30. The van der Waals surface area contributed by atoms with Gasteiger partial charge in [-0.1, -0.05) is 122 Å². The van der Waals surface area contributed by atoms with Gasteiger partial charge < -0.3 is 0 Å². The summed E-state index contributed by atoms with van der Waals surface area (Å²) in [6.07, 6.45) is 14.9. The van der Waals surface area contributed by atoms with Crippen molar-refractivity contribution >= 4 is 5.57 Å². The number of hydrogen-bond donors (Lipinski definition) is 0. The Balaban J connectivity index is 2.22. The summed E-state index contributed by atoms with van der Waals surface area (Å²) in [6.45, 7) is 10.3. The van der Waals surface area contributed by atoms with Crippen molar-refractivity contribution < 1.29 is 0 Å². The van der Waals surface area contributed by atoms with Gasteiger partial charge in [-0.15, -0.1) is 0 Å². The molecule has 0 N–H and O–H groups in total. The van der Waals surface area contributed by atoms with Crippen LogP contribution in [-0.2, 0) is 5.41 Å². The average Bonchev–Trinajstić information content (AvgIpc) is 3.14. The molecule has 32 heavy (non-hydrogen) atoms. The largest absolute Gasteiger partial charge is 0.0991 e. The smallest absolute Gasteiger partial charge is 0.0713 e. The van der Waals surface area contributed by atoms with Crippen molar-refractivity contribution in [3.05, 3.63) is 150 Å². The Labute approximate surface area is 192 Å². The monoisotopic (exact) mass is 414 g/mol. The van der Waals surface area contributed by atoms with Crippen LogP contribution in [0.2, 0.25) is 0 Å². The van der Waals surface area contributed by atoms with E-state index in [1.807, 2.05) is 6.08 Å². The Morgan fingerprint density at radius 1 is 0.750 bits per heavy atom. The normalized spacial score (nSPS) is 18.2. The van der Waals surface area contributed by atoms with Gasteiger partial charge in [0.1, 0.15) is 0 Å². The lowest BCUT2D eigenvalue weighted by molar-refractivity contribution is 0.766. The minimum Gasteiger partial charge on any atom is -0.0991 e. The van der Waals surface area contributed by atoms with Crippen LogP contribution in [0, 0.1) is 0 Å². The topological polar surface area (TPSA) is 0 Å². The van der Waals surface area contributed by atoms with Gasteiger partial charge in [0.2, 0.25) is 0 Å². The summed E-state index contributed by atoms with van der Waals surface area (Å²) in [5, 5.41) is 0. The lowest BCUT2D eigenvalue weighted by Gasteiger charge is -2.34. The predicted molar refractivity (Wildman–Crippen MR) is 140 cm³/mol. The zero-order valence-electron chi connectivity index (χ0n) is 19.2. The van der Waals surface area contributed by atoms with E-state index in [0.717, 1.165) is 0 Å². The molecule has 0 heterocycles. The first kappa shape index (κ1) is 21.6. The van der Waals surface area contributed by atoms with E-state index in [1.54, 1.807) is 0 Å². The first-order chi connectivity index (χ1) is 15.7. The zero-order valence-corrected chi connectivity index (χ0v) is 19.2. The molecule has 0 nitrogen and oxygen atoms in total. The van der Waals surface area contributed by atoms with E-state index >= 15 is 0 Å². The van der Waals surface area contributed by atoms with Crippen LogP contribution in [0.3, 0.4) is 0 Å². The van der Waals surface area contributed by atoms with Crippen molar-refractivity contribution in [2.75, 3.05) is 0 Å². The molecule has 0 radical (unpaired) electrons. The van der Waals surface area contributed by atoms with E-state index in [4.69, 9.17) is 0 Å². The highest BCUT2D eigenvalue weighted by Crippen LogP contribution is 2.58. The van der Waals surface area contributed by atoms with Gasteiger partial charge in [-0.05, 0) is 65.3 Å². The highest BCUT2D eigenvalue weighted by atomic mass is 14.5. The third kappa shape index (κ3) is 3.24. The molecular weight excluding hydrogens is 384 g/mol.